The lowest BCUT2D eigenvalue weighted by atomic mass is 10.1. The number of anilines is 5. The molecule has 6 aliphatic heterocycles. The van der Waals surface area contributed by atoms with Crippen LogP contribution in [0.4, 0.5) is 29.2 Å². The Balaban J connectivity index is 0.724. The molecule has 6 saturated heterocycles. The van der Waals surface area contributed by atoms with E-state index in [1.54, 1.807) is 11.5 Å². The molecule has 6 fully saturated rings. The van der Waals surface area contributed by atoms with Gasteiger partial charge in [0.25, 0.3) is 26.8 Å². The number of aryl methyl sites for hydroxylation is 3. The Morgan fingerprint density at radius 1 is 0.418 bits per heavy atom. The van der Waals surface area contributed by atoms with Crippen molar-refractivity contribution in [1.29, 1.82) is 0 Å². The number of aromatic amines is 2. The van der Waals surface area contributed by atoms with Crippen molar-refractivity contribution in [3.05, 3.63) is 119 Å². The zero-order valence-corrected chi connectivity index (χ0v) is 85.8. The first-order valence-corrected chi connectivity index (χ1v) is 55.1. The highest BCUT2D eigenvalue weighted by molar-refractivity contribution is 8.32. The largest absolute Gasteiger partial charge is 0.780 e. The highest BCUT2D eigenvalue weighted by Gasteiger charge is 2.57. The van der Waals surface area contributed by atoms with E-state index in [1.165, 1.54) is 92.3 Å². The molecule has 62 nitrogen and oxygen atoms in total. The number of rotatable bonds is 52. The first-order valence-electron chi connectivity index (χ1n) is 44.5. The van der Waals surface area contributed by atoms with E-state index in [9.17, 15) is 38.9 Å². The lowest BCUT2D eigenvalue weighted by Crippen LogP contribution is -2.42. The first-order chi connectivity index (χ1) is 69.6. The molecule has 0 spiro atoms. The number of fused-ring (bicyclic) bond motifs is 3. The molecule has 0 radical (unpaired) electrons. The van der Waals surface area contributed by atoms with Gasteiger partial charge in [0.1, 0.15) is 147 Å². The van der Waals surface area contributed by atoms with E-state index >= 15 is 23.5 Å². The van der Waals surface area contributed by atoms with Crippen LogP contribution >= 0.6 is 35.9 Å². The molecule has 9 aromatic heterocycles. The zero-order chi connectivity index (χ0) is 105. The van der Waals surface area contributed by atoms with Crippen LogP contribution in [0.5, 0.6) is 0 Å². The average Bonchev–Trinajstić information content (AvgIpc) is 1.59. The number of nitrogens with one attached hydrogen (secondary N) is 2. The van der Waals surface area contributed by atoms with Gasteiger partial charge in [-0.1, -0.05) is 30.5 Å². The predicted molar refractivity (Wildman–Crippen MR) is 499 cm³/mol. The maximum absolute atomic E-state index is 15.7. The minimum absolute atomic E-state index is 0.00235. The molecule has 28 atom stereocenters. The third kappa shape index (κ3) is 26.0. The van der Waals surface area contributed by atoms with Crippen LogP contribution in [0.15, 0.2) is 74.2 Å². The van der Waals surface area contributed by atoms with E-state index in [4.69, 9.17) is 186 Å². The number of methoxy groups -OCH3 is 5. The second-order valence-electron chi connectivity index (χ2n) is 33.3. The minimum Gasteiger partial charge on any atom is -0.780 e. The highest BCUT2D eigenvalue weighted by atomic mass is 32.7. The SMILES string of the molecule is CC[C@H]1O[C@@H](n2cnc3c(N)ncnc32)CC1OP([O-])(=S)OC[C@H]1O[C@@H](n2cc(C)c(N)nc2=O)[C@@H](OCCOC)C1OP(=O)([O-])OC[C@H]1O[C@@H](n2cnc3c(N)ncnc32)[C@@H](OCCOC)C1OP(=O)([S-])OC[C@H]1O[C@@H](n2cnc3c(=O)[nH]c(N)nc32)[C@@H](OCCOC)C1OP(=O)([O-])OC[C@H]1O[C@@H](n2cc(C)c(N)nc2=O)[C@@H](OCCOC)C1OP([O-])(=S)OC[C@H]1O[C@@H](n2cc(C)c(=O)[nH]c2=O)[C@@H](OCCOC)C1O. The molecule has 0 aliphatic carbocycles. The summed E-state index contributed by atoms with van der Waals surface area (Å²) in [5.41, 5.74) is 26.3. The Morgan fingerprint density at radius 2 is 0.801 bits per heavy atom. The fraction of sp³-hybridized carbons (Fsp3) is 0.645. The molecule has 146 heavy (non-hydrogen) atoms. The standard InChI is InChI=1S/C76H110N23O39P5S3/c1-10-38-39(21-45(128-38)97-32-86-46-61(79)82-30-84-63(46)97)134-141(110,144)126-28-43-50(55(119-17-12-114-6)69(131-43)94-22-35(2)59(77)89-74(94)103)135-139(106,107)124-27-42-53(58(122-20-15-117-9)71(132-42)98-33-87-47-62(80)83-31-85-64(47)98)138-143(112,146)127-29-44-51(56(120-18-13-115-7)72(133-44)99-34-88-48-65(99)91-73(81)92-67(48)102)136-140(108,109)123-26-41-52(57(121-19-14-116-8)70(130-41)95-23-36(3)60(78)90-75(95)104)137-142(111,145)125-25-40-49(100)54(118-16-11-113-5)68(129-40)96-24-37(4)66(101)93-76(96)105/h22-24,30-34,38-45,49-58,68-72,100H,10-21,25-29H2,1-9H3,(H,106,107)(H,108,109)(H,110,144)(H,111,145)(H,112,146)(H2,77,89,103)(H2,78,90,104)(H2,79,82,84)(H2,80,83,85)(H,93,101,105)(H3,81,91,92,102)/p-5/t38-,39?,40-,41-,42-,43-,44-,45-,49?,50?,51?,52?,53?,54+,55+,56+,57+,58+,68-,69-,70-,71-,72-,141?,142?,143?/m1/s1. The van der Waals surface area contributed by atoms with Crippen LogP contribution in [0.2, 0.25) is 0 Å². The Kier molecular flexibility index (Phi) is 37.1. The van der Waals surface area contributed by atoms with Gasteiger partial charge < -0.3 is 187 Å². The lowest BCUT2D eigenvalue weighted by Gasteiger charge is -2.36. The number of nitrogens with two attached hydrogens (primary N) is 5. The second-order valence-corrected chi connectivity index (χ2v) is 44.1. The van der Waals surface area contributed by atoms with E-state index in [-0.39, 0.29) is 134 Å². The molecule has 0 saturated carbocycles. The van der Waals surface area contributed by atoms with Gasteiger partial charge in [-0.15, -0.1) is 0 Å². The lowest BCUT2D eigenvalue weighted by molar-refractivity contribution is -0.239. The predicted octanol–water partition coefficient (Wildman–Crippen LogP) is -3.83. The smallest absolute Gasteiger partial charge is 0.351 e. The highest BCUT2D eigenvalue weighted by Crippen LogP contribution is 2.57. The molecule has 806 valence electrons. The van der Waals surface area contributed by atoms with Crippen molar-refractivity contribution in [3.63, 3.8) is 0 Å². The molecule has 15 rings (SSSR count). The molecular formula is C76H105N23O39P5S3-5. The monoisotopic (exact) mass is 2210 g/mol. The number of imidazole rings is 3. The van der Waals surface area contributed by atoms with Gasteiger partial charge in [-0.05, 0) is 27.2 Å². The fourth-order valence-electron chi connectivity index (χ4n) is 16.7. The molecule has 0 bridgehead atoms. The van der Waals surface area contributed by atoms with Crippen molar-refractivity contribution in [1.82, 2.24) is 87.2 Å². The van der Waals surface area contributed by atoms with E-state index in [0.29, 0.717) is 12.1 Å². The number of aliphatic hydroxyl groups is 1. The Hall–Kier alpha value is -8.01. The molecule has 15 heterocycles. The number of phosphoric acid groups is 2. The van der Waals surface area contributed by atoms with Gasteiger partial charge in [0.05, 0.1) is 130 Å². The number of nitrogen functional groups attached to an aromatic ring is 5. The van der Waals surface area contributed by atoms with Crippen LogP contribution in [0.25, 0.3) is 33.5 Å². The van der Waals surface area contributed by atoms with Gasteiger partial charge in [0, 0.05) is 77.3 Å². The Morgan fingerprint density at radius 3 is 1.27 bits per heavy atom. The van der Waals surface area contributed by atoms with Crippen molar-refractivity contribution < 1.29 is 159 Å². The Bertz CT molecular complexity index is 6640. The molecule has 13 N–H and O–H groups in total. The maximum atomic E-state index is 15.7. The van der Waals surface area contributed by atoms with E-state index in [2.05, 4.69) is 59.8 Å². The molecule has 6 aliphatic rings. The summed E-state index contributed by atoms with van der Waals surface area (Å²) in [6.45, 7) is -17.1. The van der Waals surface area contributed by atoms with Crippen molar-refractivity contribution in [2.75, 3.05) is 163 Å². The van der Waals surface area contributed by atoms with E-state index < -0.39 is 251 Å². The van der Waals surface area contributed by atoms with Crippen LogP contribution in [0, 0.1) is 20.8 Å². The van der Waals surface area contributed by atoms with Crippen LogP contribution in [-0.4, -0.2) is 331 Å². The van der Waals surface area contributed by atoms with Gasteiger partial charge in [-0.2, -0.15) is 15.0 Å². The normalized spacial score (nSPS) is 29.1. The summed E-state index contributed by atoms with van der Waals surface area (Å²) in [4.78, 5) is 173. The molecule has 70 heteroatoms. The summed E-state index contributed by atoms with van der Waals surface area (Å²) in [5, 5.41) is 11.8. The maximum Gasteiger partial charge on any atom is 0.351 e. The third-order valence-electron chi connectivity index (χ3n) is 23.7. The first kappa shape index (κ1) is 112. The van der Waals surface area contributed by atoms with Gasteiger partial charge >= 0.3 is 17.1 Å². The van der Waals surface area contributed by atoms with Crippen LogP contribution < -0.4 is 76.4 Å². The zero-order valence-electron chi connectivity index (χ0n) is 78.9. The summed E-state index contributed by atoms with van der Waals surface area (Å²) >= 11 is 16.8. The van der Waals surface area contributed by atoms with E-state index in [1.807, 2.05) is 0 Å². The molecule has 0 amide bonds. The third-order valence-corrected chi connectivity index (χ3v) is 30.3. The molecule has 0 aromatic carbocycles. The number of ether oxygens (including phenoxy) is 16. The quantitative estimate of drug-likeness (QED) is 0.0103. The van der Waals surface area contributed by atoms with Crippen molar-refractivity contribution in [2.24, 2.45) is 0 Å². The topological polar surface area (TPSA) is 809 Å². The molecular weight excluding hydrogens is 2110 g/mol. The van der Waals surface area contributed by atoms with Crippen LogP contribution in [-0.2, 0) is 171 Å². The fourth-order valence-corrected chi connectivity index (χ4v) is 22.9. The number of aliphatic hydroxyl groups excluding tert-OH is 1. The number of aromatic nitrogens is 18. The van der Waals surface area contributed by atoms with Crippen LogP contribution in [0.3, 0.4) is 0 Å². The van der Waals surface area contributed by atoms with E-state index in [0.717, 1.165) is 37.1 Å². The van der Waals surface area contributed by atoms with Gasteiger partial charge in [0.15, 0.2) is 72.0 Å². The summed E-state index contributed by atoms with van der Waals surface area (Å²) in [5.74, 6) is -0.895. The van der Waals surface area contributed by atoms with Crippen molar-refractivity contribution in [3.8, 4) is 0 Å². The number of hydrogen-bond acceptors (Lipinski definition) is 57. The summed E-state index contributed by atoms with van der Waals surface area (Å²) in [7, 11) is -5.58. The van der Waals surface area contributed by atoms with Gasteiger partial charge in [-0.25, -0.2) is 49.3 Å². The summed E-state index contributed by atoms with van der Waals surface area (Å²) < 4.78 is 208. The average molecular weight is 2220 g/mol. The number of H-pyrrole nitrogens is 2. The van der Waals surface area contributed by atoms with Gasteiger partial charge in [0.2, 0.25) is 5.95 Å². The molecule has 9 aromatic rings. The van der Waals surface area contributed by atoms with Crippen molar-refractivity contribution in [2.45, 2.75) is 182 Å². The summed E-state index contributed by atoms with van der Waals surface area (Å²) in [6, 6.07) is 0. The van der Waals surface area contributed by atoms with Crippen LogP contribution in [0.1, 0.15) is 73.8 Å². The van der Waals surface area contributed by atoms with Crippen molar-refractivity contribution >= 4 is 134 Å². The minimum atomic E-state index is -6.16. The van der Waals surface area contributed by atoms with Gasteiger partial charge in [-0.3, -0.25) is 60.7 Å². The molecule has 11 unspecified atom stereocenters. The Labute approximate surface area is 840 Å². The summed E-state index contributed by atoms with van der Waals surface area (Å²) in [6.07, 6.45) is -28.2. The second kappa shape index (κ2) is 48.3. The number of nitrogens with zero attached hydrogens (tertiary/aromatic N) is 16. The number of hydrogen-bond donors (Lipinski definition) is 8. The number of phosphoric ester groups is 2.